The maximum atomic E-state index is 13.4. The Morgan fingerprint density at radius 2 is 2.00 bits per heavy atom. The summed E-state index contributed by atoms with van der Waals surface area (Å²) >= 11 is 0. The van der Waals surface area contributed by atoms with E-state index in [4.69, 9.17) is 11.3 Å². The molecule has 1 saturated heterocycles. The molecule has 4 heterocycles. The van der Waals surface area contributed by atoms with Crippen molar-refractivity contribution >= 4 is 11.8 Å². The number of carbonyl (C=O) groups excluding carboxylic acids is 1. The highest BCUT2D eigenvalue weighted by atomic mass is 19.1. The van der Waals surface area contributed by atoms with Crippen LogP contribution in [0.15, 0.2) is 67.1 Å². The van der Waals surface area contributed by atoms with Gasteiger partial charge in [0.1, 0.15) is 11.9 Å². The molecule has 34 heavy (non-hydrogen) atoms. The molecule has 1 amide bonds. The Hall–Kier alpha value is -4.38. The van der Waals surface area contributed by atoms with Crippen molar-refractivity contribution in [1.29, 1.82) is 0 Å². The average Bonchev–Trinajstić information content (AvgIpc) is 3.58. The maximum absolute atomic E-state index is 13.4. The smallest absolute Gasteiger partial charge is 0.393 e. The van der Waals surface area contributed by atoms with Crippen molar-refractivity contribution in [2.75, 3.05) is 18.0 Å². The molecule has 4 aromatic rings. The van der Waals surface area contributed by atoms with E-state index < -0.39 is 6.09 Å². The van der Waals surface area contributed by atoms with Gasteiger partial charge in [0.2, 0.25) is 0 Å². The van der Waals surface area contributed by atoms with Crippen molar-refractivity contribution in [3.05, 3.63) is 83.3 Å². The first kappa shape index (κ1) is 20.2. The van der Waals surface area contributed by atoms with E-state index in [1.807, 2.05) is 6.20 Å². The van der Waals surface area contributed by atoms with Crippen LogP contribution in [-0.2, 0) is 11.3 Å². The molecule has 8 heteroatoms. The van der Waals surface area contributed by atoms with Crippen LogP contribution in [0.4, 0.5) is 14.9 Å². The second kappa shape index (κ2) is 7.89. The zero-order valence-corrected chi connectivity index (χ0v) is 18.3. The molecule has 0 N–H and O–H groups in total. The molecule has 0 unspecified atom stereocenters. The third-order valence-electron chi connectivity index (χ3n) is 6.49. The highest BCUT2D eigenvalue weighted by molar-refractivity contribution is 5.78. The molecule has 0 saturated carbocycles. The summed E-state index contributed by atoms with van der Waals surface area (Å²) in [5.41, 5.74) is 6.26. The van der Waals surface area contributed by atoms with Crippen LogP contribution in [0, 0.1) is 12.4 Å². The van der Waals surface area contributed by atoms with Gasteiger partial charge in [-0.3, -0.25) is 4.57 Å². The zero-order valence-electron chi connectivity index (χ0n) is 18.3. The van der Waals surface area contributed by atoms with Crippen molar-refractivity contribution in [2.24, 2.45) is 0 Å². The predicted octanol–water partition coefficient (Wildman–Crippen LogP) is 5.19. The van der Waals surface area contributed by atoms with E-state index >= 15 is 0 Å². The van der Waals surface area contributed by atoms with Gasteiger partial charge in [0.15, 0.2) is 5.82 Å². The molecule has 0 radical (unpaired) electrons. The summed E-state index contributed by atoms with van der Waals surface area (Å²) in [6.45, 7) is 7.06. The predicted molar refractivity (Wildman–Crippen MR) is 127 cm³/mol. The van der Waals surface area contributed by atoms with Crippen LogP contribution >= 0.6 is 0 Å². The third kappa shape index (κ3) is 3.42. The number of hydrogen-bond acceptors (Lipinski definition) is 4. The van der Waals surface area contributed by atoms with Gasteiger partial charge >= 0.3 is 6.09 Å². The lowest BCUT2D eigenvalue weighted by molar-refractivity contribution is 0.125. The van der Waals surface area contributed by atoms with Crippen LogP contribution < -0.4 is 4.90 Å². The summed E-state index contributed by atoms with van der Waals surface area (Å²) < 4.78 is 23.0. The Morgan fingerprint density at radius 3 is 2.82 bits per heavy atom. The third-order valence-corrected chi connectivity index (χ3v) is 6.49. The van der Waals surface area contributed by atoms with Crippen LogP contribution in [0.5, 0.6) is 0 Å². The number of nitrogens with zero attached hydrogens (tertiary/aromatic N) is 5. The molecule has 6 rings (SSSR count). The molecule has 2 aliphatic heterocycles. The first-order valence-electron chi connectivity index (χ1n) is 11.1. The number of rotatable bonds is 3. The first-order valence-corrected chi connectivity index (χ1v) is 11.1. The lowest BCUT2D eigenvalue weighted by atomic mass is 10.1. The average molecular weight is 454 g/mol. The number of carbonyl (C=O) groups is 1. The molecule has 0 spiro atoms. The van der Waals surface area contributed by atoms with Gasteiger partial charge in [0.05, 0.1) is 22.8 Å². The summed E-state index contributed by atoms with van der Waals surface area (Å²) in [5.74, 6) is 0.608. The summed E-state index contributed by atoms with van der Waals surface area (Å²) in [4.78, 5) is 21.3. The van der Waals surface area contributed by atoms with Gasteiger partial charge in [-0.25, -0.2) is 9.37 Å². The van der Waals surface area contributed by atoms with Gasteiger partial charge in [-0.1, -0.05) is 12.1 Å². The number of ether oxygens (including phenoxy) is 1. The van der Waals surface area contributed by atoms with E-state index in [0.29, 0.717) is 13.1 Å². The Kier molecular flexibility index (Phi) is 4.69. The minimum Gasteiger partial charge on any atom is -0.393 e. The van der Waals surface area contributed by atoms with Gasteiger partial charge in [0, 0.05) is 49.4 Å². The standard InChI is InChI=1S/C26H21FN5O2/c1-28-26(33)34-22-8-10-30(16-22)21-6-7-23-19(12-21)15-31-14-18(17-2-4-20(27)5-3-17)13-24(31)25-29-9-11-32(23)25/h1-7,9,11-14,22H,8,10,15-16H2/q+1/t22-/m1/s1. The van der Waals surface area contributed by atoms with Crippen molar-refractivity contribution in [3.63, 3.8) is 0 Å². The van der Waals surface area contributed by atoms with Gasteiger partial charge in [0.25, 0.3) is 6.57 Å². The lowest BCUT2D eigenvalue weighted by Gasteiger charge is -2.20. The van der Waals surface area contributed by atoms with Crippen molar-refractivity contribution in [3.8, 4) is 34.9 Å². The van der Waals surface area contributed by atoms with Crippen LogP contribution in [0.25, 0.3) is 33.2 Å². The number of fused-ring (bicyclic) bond motifs is 5. The number of hydrogen-bond donors (Lipinski definition) is 0. The normalized spacial score (nSPS) is 16.2. The minimum atomic E-state index is -0.737. The summed E-state index contributed by atoms with van der Waals surface area (Å²) in [6.07, 6.45) is 5.62. The molecule has 7 nitrogen and oxygen atoms in total. The zero-order chi connectivity index (χ0) is 23.2. The van der Waals surface area contributed by atoms with Crippen molar-refractivity contribution in [1.82, 2.24) is 14.1 Å². The number of anilines is 1. The molecule has 2 aromatic heterocycles. The number of aromatic nitrogens is 3. The Morgan fingerprint density at radius 1 is 1.15 bits per heavy atom. The summed E-state index contributed by atoms with van der Waals surface area (Å²) in [7, 11) is 0. The quantitative estimate of drug-likeness (QED) is 0.377. The van der Waals surface area contributed by atoms with Gasteiger partial charge < -0.3 is 14.2 Å². The molecule has 0 bridgehead atoms. The van der Waals surface area contributed by atoms with Crippen LogP contribution in [0.3, 0.4) is 0 Å². The fraction of sp³-hybridized carbons (Fsp3) is 0.192. The number of halogens is 1. The second-order valence-electron chi connectivity index (χ2n) is 8.55. The molecule has 1 atom stereocenters. The van der Waals surface area contributed by atoms with Crippen molar-refractivity contribution in [2.45, 2.75) is 19.1 Å². The maximum Gasteiger partial charge on any atom is 0.728 e. The van der Waals surface area contributed by atoms with Gasteiger partial charge in [-0.15, -0.1) is 0 Å². The van der Waals surface area contributed by atoms with Gasteiger partial charge in [-0.05, 0) is 47.5 Å². The fourth-order valence-corrected chi connectivity index (χ4v) is 4.86. The van der Waals surface area contributed by atoms with Crippen LogP contribution in [0.1, 0.15) is 12.0 Å². The number of benzene rings is 2. The number of imidazole rings is 1. The van der Waals surface area contributed by atoms with E-state index in [9.17, 15) is 9.18 Å². The molecule has 1 fully saturated rings. The monoisotopic (exact) mass is 454 g/mol. The highest BCUT2D eigenvalue weighted by Crippen LogP contribution is 2.35. The van der Waals surface area contributed by atoms with Gasteiger partial charge in [-0.2, -0.15) is 4.79 Å². The van der Waals surface area contributed by atoms with E-state index in [0.717, 1.165) is 52.5 Å². The van der Waals surface area contributed by atoms with E-state index in [1.165, 1.54) is 12.1 Å². The van der Waals surface area contributed by atoms with E-state index in [-0.39, 0.29) is 11.9 Å². The SMILES string of the molecule is C#[N+]C(=O)O[C@@H]1CCN(c2ccc3c(c2)Cn2cc(-c4ccc(F)cc4)cc2-c2nccn2-3)C1. The summed E-state index contributed by atoms with van der Waals surface area (Å²) in [6, 6.07) is 15.0. The minimum absolute atomic E-state index is 0.229. The van der Waals surface area contributed by atoms with Crippen LogP contribution in [-0.4, -0.2) is 39.4 Å². The number of amides is 1. The Bertz CT molecular complexity index is 1450. The Labute approximate surface area is 195 Å². The van der Waals surface area contributed by atoms with Crippen molar-refractivity contribution < 1.29 is 13.9 Å². The molecular formula is C26H21FN5O2+. The van der Waals surface area contributed by atoms with E-state index in [1.54, 1.807) is 18.3 Å². The van der Waals surface area contributed by atoms with Crippen LogP contribution in [0.2, 0.25) is 0 Å². The molecular weight excluding hydrogens is 433 g/mol. The molecule has 0 aliphatic carbocycles. The first-order chi connectivity index (χ1) is 16.6. The highest BCUT2D eigenvalue weighted by Gasteiger charge is 2.30. The lowest BCUT2D eigenvalue weighted by Crippen LogP contribution is -2.24. The van der Waals surface area contributed by atoms with E-state index in [2.05, 4.69) is 54.3 Å². The topological polar surface area (TPSA) is 56.6 Å². The second-order valence-corrected chi connectivity index (χ2v) is 8.55. The fourth-order valence-electron chi connectivity index (χ4n) is 4.86. The molecule has 2 aliphatic rings. The summed E-state index contributed by atoms with van der Waals surface area (Å²) in [5, 5.41) is 0. The Balaban J connectivity index is 1.35. The largest absolute Gasteiger partial charge is 0.728 e. The molecule has 168 valence electrons. The molecule has 2 aromatic carbocycles.